The molecule has 21 heavy (non-hydrogen) atoms. The van der Waals surface area contributed by atoms with Gasteiger partial charge in [-0.25, -0.2) is 0 Å². The van der Waals surface area contributed by atoms with Gasteiger partial charge in [0.15, 0.2) is 5.69 Å². The Labute approximate surface area is 132 Å². The van der Waals surface area contributed by atoms with Crippen molar-refractivity contribution < 1.29 is 14.1 Å². The van der Waals surface area contributed by atoms with Crippen LogP contribution in [0.3, 0.4) is 0 Å². The van der Waals surface area contributed by atoms with Gasteiger partial charge in [-0.2, -0.15) is 0 Å². The second-order valence-corrected chi connectivity index (χ2v) is 6.08. The lowest BCUT2D eigenvalue weighted by atomic mass is 10.0. The Morgan fingerprint density at radius 3 is 2.52 bits per heavy atom. The molecule has 0 spiro atoms. The molecular formula is C15H8BrNO3S. The lowest BCUT2D eigenvalue weighted by molar-refractivity contribution is 0.100. The number of hydrogen-bond donors (Lipinski definition) is 0. The Kier molecular flexibility index (Phi) is 3.81. The predicted octanol–water partition coefficient (Wildman–Crippen LogP) is 3.96. The maximum Gasteiger partial charge on any atom is 0.215 e. The third kappa shape index (κ3) is 2.72. The number of rotatable bonds is 4. The van der Waals surface area contributed by atoms with Gasteiger partial charge in [0.1, 0.15) is 6.26 Å². The highest BCUT2D eigenvalue weighted by Crippen LogP contribution is 2.20. The van der Waals surface area contributed by atoms with Crippen LogP contribution in [-0.2, 0) is 0 Å². The van der Waals surface area contributed by atoms with Gasteiger partial charge >= 0.3 is 0 Å². The number of carbonyl (C=O) groups is 2. The van der Waals surface area contributed by atoms with Gasteiger partial charge in [0.05, 0.1) is 10.4 Å². The number of halogens is 1. The first-order valence-electron chi connectivity index (χ1n) is 5.99. The highest BCUT2D eigenvalue weighted by Gasteiger charge is 2.24. The zero-order valence-electron chi connectivity index (χ0n) is 10.6. The molecule has 4 nitrogen and oxygen atoms in total. The van der Waals surface area contributed by atoms with Crippen molar-refractivity contribution in [3.8, 4) is 0 Å². The molecule has 0 bridgehead atoms. The van der Waals surface area contributed by atoms with Gasteiger partial charge in [-0.3, -0.25) is 9.59 Å². The van der Waals surface area contributed by atoms with Crippen LogP contribution >= 0.6 is 27.3 Å². The van der Waals surface area contributed by atoms with Crippen molar-refractivity contribution in [3.05, 3.63) is 74.2 Å². The largest absolute Gasteiger partial charge is 0.363 e. The first-order chi connectivity index (χ1) is 10.2. The van der Waals surface area contributed by atoms with Crippen molar-refractivity contribution in [3.63, 3.8) is 0 Å². The van der Waals surface area contributed by atoms with Gasteiger partial charge in [0.2, 0.25) is 11.6 Å². The Morgan fingerprint density at radius 2 is 1.86 bits per heavy atom. The summed E-state index contributed by atoms with van der Waals surface area (Å²) in [6.07, 6.45) is 1.22. The summed E-state index contributed by atoms with van der Waals surface area (Å²) in [5, 5.41) is 5.50. The summed E-state index contributed by atoms with van der Waals surface area (Å²) in [7, 11) is 0. The molecule has 0 aliphatic rings. The minimum atomic E-state index is -0.337. The van der Waals surface area contributed by atoms with Crippen molar-refractivity contribution in [2.24, 2.45) is 0 Å². The maximum atomic E-state index is 12.4. The standard InChI is InChI=1S/C15H8BrNO3S/c16-10-5-3-9(4-6-10)14(18)13-11(8-20-17-13)15(19)12-2-1-7-21-12/h1-8H. The number of nitrogens with zero attached hydrogens (tertiary/aromatic N) is 1. The summed E-state index contributed by atoms with van der Waals surface area (Å²) in [4.78, 5) is 25.3. The molecular weight excluding hydrogens is 354 g/mol. The van der Waals surface area contributed by atoms with E-state index in [1.807, 2.05) is 0 Å². The molecule has 0 N–H and O–H groups in total. The van der Waals surface area contributed by atoms with Gasteiger partial charge in [0.25, 0.3) is 0 Å². The molecule has 104 valence electrons. The molecule has 2 heterocycles. The van der Waals surface area contributed by atoms with Gasteiger partial charge in [-0.05, 0) is 35.7 Å². The van der Waals surface area contributed by atoms with Crippen LogP contribution in [0.2, 0.25) is 0 Å². The van der Waals surface area contributed by atoms with Crippen LogP contribution in [0.4, 0.5) is 0 Å². The van der Waals surface area contributed by atoms with E-state index < -0.39 is 0 Å². The Morgan fingerprint density at radius 1 is 1.10 bits per heavy atom. The summed E-state index contributed by atoms with van der Waals surface area (Å²) >= 11 is 4.62. The van der Waals surface area contributed by atoms with E-state index in [2.05, 4.69) is 21.1 Å². The monoisotopic (exact) mass is 361 g/mol. The Bertz CT molecular complexity index is 791. The van der Waals surface area contributed by atoms with E-state index in [0.717, 1.165) is 4.47 Å². The maximum absolute atomic E-state index is 12.4. The Balaban J connectivity index is 1.97. The summed E-state index contributed by atoms with van der Waals surface area (Å²) in [5.74, 6) is -0.595. The first kappa shape index (κ1) is 13.9. The van der Waals surface area contributed by atoms with Crippen LogP contribution in [-0.4, -0.2) is 16.7 Å². The highest BCUT2D eigenvalue weighted by molar-refractivity contribution is 9.10. The number of ketones is 2. The molecule has 1 aromatic carbocycles. The van der Waals surface area contributed by atoms with Gasteiger partial charge in [-0.1, -0.05) is 27.2 Å². The van der Waals surface area contributed by atoms with E-state index in [1.54, 1.807) is 41.8 Å². The van der Waals surface area contributed by atoms with Crippen molar-refractivity contribution in [2.45, 2.75) is 0 Å². The van der Waals surface area contributed by atoms with Crippen LogP contribution in [0, 0.1) is 0 Å². The van der Waals surface area contributed by atoms with Gasteiger partial charge in [0, 0.05) is 10.0 Å². The number of thiophene rings is 1. The molecule has 0 radical (unpaired) electrons. The summed E-state index contributed by atoms with van der Waals surface area (Å²) in [6, 6.07) is 10.3. The van der Waals surface area contributed by atoms with Crippen LogP contribution in [0.25, 0.3) is 0 Å². The van der Waals surface area contributed by atoms with E-state index in [4.69, 9.17) is 4.52 Å². The zero-order valence-corrected chi connectivity index (χ0v) is 13.0. The lowest BCUT2D eigenvalue weighted by Crippen LogP contribution is -2.09. The fourth-order valence-electron chi connectivity index (χ4n) is 1.84. The number of hydrogen-bond acceptors (Lipinski definition) is 5. The molecule has 0 aliphatic heterocycles. The number of aromatic nitrogens is 1. The van der Waals surface area contributed by atoms with E-state index >= 15 is 0 Å². The molecule has 0 amide bonds. The molecule has 0 unspecified atom stereocenters. The molecule has 6 heteroatoms. The smallest absolute Gasteiger partial charge is 0.215 e. The topological polar surface area (TPSA) is 60.2 Å². The number of carbonyl (C=O) groups excluding carboxylic acids is 2. The molecule has 0 saturated heterocycles. The molecule has 2 aromatic heterocycles. The first-order valence-corrected chi connectivity index (χ1v) is 7.67. The van der Waals surface area contributed by atoms with Crippen LogP contribution < -0.4 is 0 Å². The second-order valence-electron chi connectivity index (χ2n) is 4.22. The minimum absolute atomic E-state index is 0.0377. The second kappa shape index (κ2) is 5.75. The molecule has 0 atom stereocenters. The average molecular weight is 362 g/mol. The summed E-state index contributed by atoms with van der Waals surface area (Å²) in [5.41, 5.74) is 0.674. The molecule has 0 fully saturated rings. The van der Waals surface area contributed by atoms with Crippen molar-refractivity contribution >= 4 is 38.8 Å². The van der Waals surface area contributed by atoms with Gasteiger partial charge < -0.3 is 4.52 Å². The van der Waals surface area contributed by atoms with Crippen LogP contribution in [0.1, 0.15) is 31.3 Å². The van der Waals surface area contributed by atoms with Crippen molar-refractivity contribution in [1.82, 2.24) is 5.16 Å². The highest BCUT2D eigenvalue weighted by atomic mass is 79.9. The van der Waals surface area contributed by atoms with Crippen LogP contribution in [0.15, 0.2) is 57.0 Å². The van der Waals surface area contributed by atoms with E-state index in [-0.39, 0.29) is 22.8 Å². The van der Waals surface area contributed by atoms with Crippen LogP contribution in [0.5, 0.6) is 0 Å². The third-order valence-corrected chi connectivity index (χ3v) is 4.28. The minimum Gasteiger partial charge on any atom is -0.363 e. The summed E-state index contributed by atoms with van der Waals surface area (Å²) < 4.78 is 5.70. The molecule has 0 aliphatic carbocycles. The van der Waals surface area contributed by atoms with E-state index in [9.17, 15) is 9.59 Å². The number of benzene rings is 1. The SMILES string of the molecule is O=C(c1cccs1)c1conc1C(=O)c1ccc(Br)cc1. The van der Waals surface area contributed by atoms with E-state index in [1.165, 1.54) is 17.6 Å². The fraction of sp³-hybridized carbons (Fsp3) is 0. The molecule has 3 aromatic rings. The zero-order chi connectivity index (χ0) is 14.8. The lowest BCUT2D eigenvalue weighted by Gasteiger charge is -2.00. The molecule has 3 rings (SSSR count). The third-order valence-electron chi connectivity index (χ3n) is 2.88. The normalized spacial score (nSPS) is 10.5. The van der Waals surface area contributed by atoms with Gasteiger partial charge in [-0.15, -0.1) is 11.3 Å². The quantitative estimate of drug-likeness (QED) is 0.659. The average Bonchev–Trinajstić information content (AvgIpc) is 3.18. The van der Waals surface area contributed by atoms with Crippen molar-refractivity contribution in [1.29, 1.82) is 0 Å². The Hall–Kier alpha value is -2.05. The van der Waals surface area contributed by atoms with Crippen molar-refractivity contribution in [2.75, 3.05) is 0 Å². The predicted molar refractivity (Wildman–Crippen MR) is 81.8 cm³/mol. The summed E-state index contributed by atoms with van der Waals surface area (Å²) in [6.45, 7) is 0. The van der Waals surface area contributed by atoms with E-state index in [0.29, 0.717) is 10.4 Å². The fourth-order valence-corrected chi connectivity index (χ4v) is 2.78. The molecule has 0 saturated carbocycles.